The Balaban J connectivity index is 2.40. The van der Waals surface area contributed by atoms with E-state index in [-0.39, 0.29) is 0 Å². The number of rotatable bonds is 2. The number of piperidine rings is 1. The monoisotopic (exact) mass is 169 g/mol. The molecule has 0 amide bonds. The van der Waals surface area contributed by atoms with Crippen molar-refractivity contribution in [1.82, 2.24) is 5.32 Å². The van der Waals surface area contributed by atoms with Crippen molar-refractivity contribution in [3.8, 4) is 0 Å². The van der Waals surface area contributed by atoms with E-state index >= 15 is 0 Å². The summed E-state index contributed by atoms with van der Waals surface area (Å²) in [7, 11) is 0. The largest absolute Gasteiger partial charge is 0.311 e. The lowest BCUT2D eigenvalue weighted by atomic mass is 9.87. The summed E-state index contributed by atoms with van der Waals surface area (Å²) < 4.78 is 0. The maximum Gasteiger partial charge on any atom is 0.00927 e. The molecule has 0 bridgehead atoms. The standard InChI is InChI=1S/C11H23N/c1-8(2)10-6-5-7-11(12-10)9(3)4/h8-12H,5-7H2,1-4H3. The fourth-order valence-corrected chi connectivity index (χ4v) is 2.05. The van der Waals surface area contributed by atoms with Gasteiger partial charge in [0.1, 0.15) is 0 Å². The molecule has 2 unspecified atom stereocenters. The molecule has 1 rings (SSSR count). The summed E-state index contributed by atoms with van der Waals surface area (Å²) in [5.41, 5.74) is 0. The lowest BCUT2D eigenvalue weighted by Gasteiger charge is -2.35. The van der Waals surface area contributed by atoms with Crippen molar-refractivity contribution in [3.05, 3.63) is 0 Å². The number of nitrogens with one attached hydrogen (secondary N) is 1. The normalized spacial score (nSPS) is 31.5. The Kier molecular flexibility index (Phi) is 3.57. The molecule has 72 valence electrons. The van der Waals surface area contributed by atoms with E-state index in [2.05, 4.69) is 33.0 Å². The Morgan fingerprint density at radius 3 is 1.67 bits per heavy atom. The maximum absolute atomic E-state index is 3.75. The predicted molar refractivity (Wildman–Crippen MR) is 54.2 cm³/mol. The van der Waals surface area contributed by atoms with Crippen LogP contribution in [0.3, 0.4) is 0 Å². The minimum Gasteiger partial charge on any atom is -0.311 e. The van der Waals surface area contributed by atoms with Gasteiger partial charge in [0.2, 0.25) is 0 Å². The summed E-state index contributed by atoms with van der Waals surface area (Å²) in [5.74, 6) is 1.60. The van der Waals surface area contributed by atoms with E-state index in [1.54, 1.807) is 0 Å². The molecule has 2 atom stereocenters. The quantitative estimate of drug-likeness (QED) is 0.670. The molecule has 1 nitrogen and oxygen atoms in total. The highest BCUT2D eigenvalue weighted by atomic mass is 15.0. The molecule has 1 aliphatic heterocycles. The lowest BCUT2D eigenvalue weighted by Crippen LogP contribution is -2.47. The van der Waals surface area contributed by atoms with Crippen LogP contribution in [0.2, 0.25) is 0 Å². The molecule has 0 radical (unpaired) electrons. The lowest BCUT2D eigenvalue weighted by molar-refractivity contribution is 0.231. The van der Waals surface area contributed by atoms with Crippen LogP contribution in [0.5, 0.6) is 0 Å². The third-order valence-electron chi connectivity index (χ3n) is 3.07. The summed E-state index contributed by atoms with van der Waals surface area (Å²) in [4.78, 5) is 0. The van der Waals surface area contributed by atoms with E-state index in [0.29, 0.717) is 0 Å². The fraction of sp³-hybridized carbons (Fsp3) is 1.00. The summed E-state index contributed by atoms with van der Waals surface area (Å²) in [5, 5.41) is 3.75. The van der Waals surface area contributed by atoms with Crippen LogP contribution >= 0.6 is 0 Å². The van der Waals surface area contributed by atoms with E-state index in [9.17, 15) is 0 Å². The van der Waals surface area contributed by atoms with E-state index in [4.69, 9.17) is 0 Å². The van der Waals surface area contributed by atoms with Crippen LogP contribution in [0.4, 0.5) is 0 Å². The highest BCUT2D eigenvalue weighted by molar-refractivity contribution is 4.83. The minimum absolute atomic E-state index is 0.770. The van der Waals surface area contributed by atoms with Crippen LogP contribution in [0.15, 0.2) is 0 Å². The Bertz CT molecular complexity index is 115. The SMILES string of the molecule is CC(C)C1CCCC(C(C)C)N1. The molecule has 0 saturated carbocycles. The second kappa shape index (κ2) is 4.27. The molecule has 1 aliphatic rings. The molecule has 1 heteroatoms. The Labute approximate surface area is 76.9 Å². The molecule has 1 heterocycles. The first-order valence-electron chi connectivity index (χ1n) is 5.37. The van der Waals surface area contributed by atoms with Crippen molar-refractivity contribution in [2.75, 3.05) is 0 Å². The van der Waals surface area contributed by atoms with Gasteiger partial charge in [-0.3, -0.25) is 0 Å². The zero-order chi connectivity index (χ0) is 9.14. The fourth-order valence-electron chi connectivity index (χ4n) is 2.05. The highest BCUT2D eigenvalue weighted by Crippen LogP contribution is 2.21. The molecule has 12 heavy (non-hydrogen) atoms. The summed E-state index contributed by atoms with van der Waals surface area (Å²) in [6.07, 6.45) is 4.17. The van der Waals surface area contributed by atoms with Crippen LogP contribution in [-0.2, 0) is 0 Å². The Hall–Kier alpha value is -0.0400. The van der Waals surface area contributed by atoms with Gasteiger partial charge >= 0.3 is 0 Å². The van der Waals surface area contributed by atoms with Crippen LogP contribution in [0.25, 0.3) is 0 Å². The topological polar surface area (TPSA) is 12.0 Å². The van der Waals surface area contributed by atoms with Crippen LogP contribution < -0.4 is 5.32 Å². The van der Waals surface area contributed by atoms with E-state index in [0.717, 1.165) is 23.9 Å². The van der Waals surface area contributed by atoms with Gasteiger partial charge in [-0.15, -0.1) is 0 Å². The van der Waals surface area contributed by atoms with Crippen molar-refractivity contribution in [2.24, 2.45) is 11.8 Å². The average molecular weight is 169 g/mol. The van der Waals surface area contributed by atoms with Gasteiger partial charge in [0.25, 0.3) is 0 Å². The number of hydrogen-bond donors (Lipinski definition) is 1. The zero-order valence-electron chi connectivity index (χ0n) is 8.93. The van der Waals surface area contributed by atoms with Crippen LogP contribution in [0.1, 0.15) is 47.0 Å². The zero-order valence-corrected chi connectivity index (χ0v) is 8.93. The summed E-state index contributed by atoms with van der Waals surface area (Å²) in [6, 6.07) is 1.54. The smallest absolute Gasteiger partial charge is 0.00927 e. The summed E-state index contributed by atoms with van der Waals surface area (Å²) in [6.45, 7) is 9.28. The average Bonchev–Trinajstić information content (AvgIpc) is 2.04. The molecule has 0 spiro atoms. The van der Waals surface area contributed by atoms with Gasteiger partial charge in [-0.2, -0.15) is 0 Å². The van der Waals surface area contributed by atoms with Crippen molar-refractivity contribution < 1.29 is 0 Å². The molecule has 1 N–H and O–H groups in total. The number of hydrogen-bond acceptors (Lipinski definition) is 1. The minimum atomic E-state index is 0.770. The first kappa shape index (κ1) is 10.0. The van der Waals surface area contributed by atoms with Crippen molar-refractivity contribution >= 4 is 0 Å². The van der Waals surface area contributed by atoms with Crippen molar-refractivity contribution in [2.45, 2.75) is 59.0 Å². The summed E-state index contributed by atoms with van der Waals surface area (Å²) >= 11 is 0. The first-order valence-corrected chi connectivity index (χ1v) is 5.37. The van der Waals surface area contributed by atoms with Gasteiger partial charge in [0.15, 0.2) is 0 Å². The van der Waals surface area contributed by atoms with Gasteiger partial charge < -0.3 is 5.32 Å². The van der Waals surface area contributed by atoms with Crippen molar-refractivity contribution in [1.29, 1.82) is 0 Å². The predicted octanol–water partition coefficient (Wildman–Crippen LogP) is 2.81. The second-order valence-electron chi connectivity index (χ2n) is 4.80. The third-order valence-corrected chi connectivity index (χ3v) is 3.07. The molecular formula is C11H23N. The Morgan fingerprint density at radius 1 is 0.917 bits per heavy atom. The van der Waals surface area contributed by atoms with Gasteiger partial charge in [-0.25, -0.2) is 0 Å². The van der Waals surface area contributed by atoms with Gasteiger partial charge in [-0.05, 0) is 24.7 Å². The van der Waals surface area contributed by atoms with E-state index < -0.39 is 0 Å². The first-order chi connectivity index (χ1) is 5.61. The Morgan fingerprint density at radius 2 is 1.33 bits per heavy atom. The molecule has 0 aromatic rings. The maximum atomic E-state index is 3.75. The molecule has 1 fully saturated rings. The second-order valence-corrected chi connectivity index (χ2v) is 4.80. The molecule has 1 saturated heterocycles. The van der Waals surface area contributed by atoms with Crippen LogP contribution in [0, 0.1) is 11.8 Å². The molecule has 0 aromatic carbocycles. The van der Waals surface area contributed by atoms with E-state index in [1.807, 2.05) is 0 Å². The highest BCUT2D eigenvalue weighted by Gasteiger charge is 2.24. The van der Waals surface area contributed by atoms with Crippen molar-refractivity contribution in [3.63, 3.8) is 0 Å². The van der Waals surface area contributed by atoms with Gasteiger partial charge in [0, 0.05) is 12.1 Å². The van der Waals surface area contributed by atoms with Crippen LogP contribution in [-0.4, -0.2) is 12.1 Å². The van der Waals surface area contributed by atoms with Gasteiger partial charge in [-0.1, -0.05) is 34.1 Å². The van der Waals surface area contributed by atoms with Gasteiger partial charge in [0.05, 0.1) is 0 Å². The van der Waals surface area contributed by atoms with E-state index in [1.165, 1.54) is 19.3 Å². The molecular weight excluding hydrogens is 146 g/mol. The molecule has 0 aliphatic carbocycles. The third kappa shape index (κ3) is 2.48. The molecule has 0 aromatic heterocycles.